The van der Waals surface area contributed by atoms with Crippen molar-refractivity contribution in [3.63, 3.8) is 0 Å². The Kier molecular flexibility index (Phi) is 6.06. The molecule has 0 amide bonds. The number of rotatable bonds is 5. The molecular weight excluding hydrogens is 355 g/mol. The zero-order valence-corrected chi connectivity index (χ0v) is 15.5. The number of aromatic nitrogens is 2. The number of fused-ring (bicyclic) bond motifs is 1. The monoisotopic (exact) mass is 372 g/mol. The summed E-state index contributed by atoms with van der Waals surface area (Å²) < 4.78 is -1.68. The SMILES string of the molecule is Cc1ccc2nc(C(Cl)(Cl)Cl)nc(N/N=C/CCC(C)C)c2c1. The average molecular weight is 374 g/mol. The van der Waals surface area contributed by atoms with Crippen LogP contribution in [0.2, 0.25) is 0 Å². The van der Waals surface area contributed by atoms with E-state index in [0.717, 1.165) is 23.8 Å². The van der Waals surface area contributed by atoms with Crippen LogP contribution in [-0.2, 0) is 3.79 Å². The van der Waals surface area contributed by atoms with Crippen molar-refractivity contribution in [3.05, 3.63) is 29.6 Å². The van der Waals surface area contributed by atoms with Crippen molar-refractivity contribution in [2.24, 2.45) is 11.0 Å². The summed E-state index contributed by atoms with van der Waals surface area (Å²) in [4.78, 5) is 8.63. The Morgan fingerprint density at radius 3 is 2.65 bits per heavy atom. The molecule has 7 heteroatoms. The number of hydrazone groups is 1. The van der Waals surface area contributed by atoms with Crippen molar-refractivity contribution in [1.82, 2.24) is 9.97 Å². The van der Waals surface area contributed by atoms with Crippen molar-refractivity contribution < 1.29 is 0 Å². The first-order valence-electron chi connectivity index (χ1n) is 7.40. The molecule has 0 bridgehead atoms. The van der Waals surface area contributed by atoms with Crippen LogP contribution in [0.25, 0.3) is 10.9 Å². The van der Waals surface area contributed by atoms with Gasteiger partial charge in [-0.1, -0.05) is 60.3 Å². The van der Waals surface area contributed by atoms with Crippen LogP contribution in [0, 0.1) is 12.8 Å². The van der Waals surface area contributed by atoms with E-state index in [1.54, 1.807) is 0 Å². The molecule has 124 valence electrons. The molecule has 0 atom stereocenters. The summed E-state index contributed by atoms with van der Waals surface area (Å²) in [5.74, 6) is 1.29. The van der Waals surface area contributed by atoms with Gasteiger partial charge in [0, 0.05) is 11.6 Å². The number of nitrogens with zero attached hydrogens (tertiary/aromatic N) is 3. The van der Waals surface area contributed by atoms with Crippen LogP contribution in [0.5, 0.6) is 0 Å². The molecule has 1 aromatic carbocycles. The smallest absolute Gasteiger partial charge is 0.250 e. The van der Waals surface area contributed by atoms with Crippen LogP contribution in [-0.4, -0.2) is 16.2 Å². The minimum absolute atomic E-state index is 0.124. The Balaban J connectivity index is 2.33. The maximum atomic E-state index is 5.92. The van der Waals surface area contributed by atoms with Crippen molar-refractivity contribution in [3.8, 4) is 0 Å². The molecule has 0 saturated heterocycles. The van der Waals surface area contributed by atoms with Gasteiger partial charge in [0.2, 0.25) is 3.79 Å². The zero-order valence-electron chi connectivity index (χ0n) is 13.3. The van der Waals surface area contributed by atoms with Gasteiger partial charge in [-0.3, -0.25) is 5.43 Å². The largest absolute Gasteiger partial charge is 0.261 e. The van der Waals surface area contributed by atoms with Crippen molar-refractivity contribution in [1.29, 1.82) is 0 Å². The summed E-state index contributed by atoms with van der Waals surface area (Å²) in [6.07, 6.45) is 3.80. The molecule has 0 fully saturated rings. The first-order valence-corrected chi connectivity index (χ1v) is 8.54. The molecular formula is C16H19Cl3N4. The number of aryl methyl sites for hydroxylation is 1. The standard InChI is InChI=1S/C16H19Cl3N4/c1-10(2)5-4-8-20-23-14-12-9-11(3)6-7-13(12)21-15(22-14)16(17,18)19/h6-10H,4-5H2,1-3H3,(H,21,22,23)/b20-8+. The Morgan fingerprint density at radius 1 is 1.26 bits per heavy atom. The van der Waals surface area contributed by atoms with Gasteiger partial charge in [-0.2, -0.15) is 5.10 Å². The van der Waals surface area contributed by atoms with Gasteiger partial charge >= 0.3 is 0 Å². The highest BCUT2D eigenvalue weighted by Gasteiger charge is 2.28. The Bertz CT molecular complexity index is 708. The van der Waals surface area contributed by atoms with Gasteiger partial charge in [0.15, 0.2) is 11.6 Å². The minimum atomic E-state index is -1.68. The second kappa shape index (κ2) is 7.65. The fourth-order valence-electron chi connectivity index (χ4n) is 2.03. The molecule has 2 rings (SSSR count). The lowest BCUT2D eigenvalue weighted by Crippen LogP contribution is -2.09. The highest BCUT2D eigenvalue weighted by atomic mass is 35.6. The highest BCUT2D eigenvalue weighted by Crippen LogP contribution is 2.37. The molecule has 0 aliphatic rings. The third-order valence-corrected chi connectivity index (χ3v) is 3.75. The molecule has 0 saturated carbocycles. The minimum Gasteiger partial charge on any atom is -0.261 e. The zero-order chi connectivity index (χ0) is 17.0. The summed E-state index contributed by atoms with van der Waals surface area (Å²) in [7, 11) is 0. The van der Waals surface area contributed by atoms with E-state index in [9.17, 15) is 0 Å². The molecule has 2 aromatic rings. The van der Waals surface area contributed by atoms with Gasteiger partial charge in [-0.15, -0.1) is 0 Å². The fraction of sp³-hybridized carbons (Fsp3) is 0.438. The third-order valence-electron chi connectivity index (χ3n) is 3.24. The van der Waals surface area contributed by atoms with Crippen LogP contribution in [0.1, 0.15) is 38.1 Å². The lowest BCUT2D eigenvalue weighted by atomic mass is 10.1. The number of halogens is 3. The van der Waals surface area contributed by atoms with Gasteiger partial charge in [-0.25, -0.2) is 9.97 Å². The molecule has 0 unspecified atom stereocenters. The van der Waals surface area contributed by atoms with E-state index < -0.39 is 3.79 Å². The van der Waals surface area contributed by atoms with E-state index in [1.807, 2.05) is 31.3 Å². The average Bonchev–Trinajstić information content (AvgIpc) is 2.45. The molecule has 0 aliphatic carbocycles. The van der Waals surface area contributed by atoms with Crippen LogP contribution in [0.4, 0.5) is 5.82 Å². The number of anilines is 1. The second-order valence-electron chi connectivity index (χ2n) is 5.81. The van der Waals surface area contributed by atoms with E-state index in [4.69, 9.17) is 34.8 Å². The third kappa shape index (κ3) is 5.20. The number of benzene rings is 1. The fourth-order valence-corrected chi connectivity index (χ4v) is 2.29. The summed E-state index contributed by atoms with van der Waals surface area (Å²) in [5, 5.41) is 5.06. The number of alkyl halides is 3. The summed E-state index contributed by atoms with van der Waals surface area (Å²) >= 11 is 17.8. The lowest BCUT2D eigenvalue weighted by Gasteiger charge is -2.13. The predicted octanol–water partition coefficient (Wildman–Crippen LogP) is 5.60. The van der Waals surface area contributed by atoms with Gasteiger partial charge in [0.1, 0.15) is 0 Å². The van der Waals surface area contributed by atoms with E-state index in [0.29, 0.717) is 17.3 Å². The molecule has 0 aliphatic heterocycles. The second-order valence-corrected chi connectivity index (χ2v) is 8.09. The van der Waals surface area contributed by atoms with E-state index in [2.05, 4.69) is 34.3 Å². The van der Waals surface area contributed by atoms with Crippen LogP contribution in [0.15, 0.2) is 23.3 Å². The van der Waals surface area contributed by atoms with Crippen LogP contribution < -0.4 is 5.43 Å². The highest BCUT2D eigenvalue weighted by molar-refractivity contribution is 6.66. The maximum absolute atomic E-state index is 5.92. The summed E-state index contributed by atoms with van der Waals surface area (Å²) in [5.41, 5.74) is 4.74. The number of nitrogens with one attached hydrogen (secondary N) is 1. The molecule has 0 spiro atoms. The Hall–Kier alpha value is -1.10. The van der Waals surface area contributed by atoms with Crippen molar-refractivity contribution >= 4 is 57.7 Å². The lowest BCUT2D eigenvalue weighted by molar-refractivity contribution is 0.606. The van der Waals surface area contributed by atoms with Crippen molar-refractivity contribution in [2.45, 2.75) is 37.4 Å². The summed E-state index contributed by atoms with van der Waals surface area (Å²) in [6.45, 7) is 6.35. The van der Waals surface area contributed by atoms with Crippen LogP contribution in [0.3, 0.4) is 0 Å². The van der Waals surface area contributed by atoms with Gasteiger partial charge in [-0.05, 0) is 37.8 Å². The number of hydrogen-bond donors (Lipinski definition) is 1. The number of hydrogen-bond acceptors (Lipinski definition) is 4. The Labute approximate surface area is 151 Å². The predicted molar refractivity (Wildman–Crippen MR) is 99.7 cm³/mol. The van der Waals surface area contributed by atoms with Gasteiger partial charge < -0.3 is 0 Å². The van der Waals surface area contributed by atoms with Gasteiger partial charge in [0.25, 0.3) is 0 Å². The normalized spacial score (nSPS) is 12.5. The molecule has 1 N–H and O–H groups in total. The first kappa shape index (κ1) is 18.2. The Morgan fingerprint density at radius 2 is 2.00 bits per heavy atom. The molecule has 1 heterocycles. The molecule has 23 heavy (non-hydrogen) atoms. The van der Waals surface area contributed by atoms with Crippen LogP contribution >= 0.6 is 34.8 Å². The van der Waals surface area contributed by atoms with E-state index in [-0.39, 0.29) is 5.82 Å². The van der Waals surface area contributed by atoms with E-state index in [1.165, 1.54) is 0 Å². The van der Waals surface area contributed by atoms with E-state index >= 15 is 0 Å². The van der Waals surface area contributed by atoms with Crippen molar-refractivity contribution in [2.75, 3.05) is 5.43 Å². The summed E-state index contributed by atoms with van der Waals surface area (Å²) in [6, 6.07) is 5.80. The molecule has 4 nitrogen and oxygen atoms in total. The quantitative estimate of drug-likeness (QED) is 0.421. The topological polar surface area (TPSA) is 50.2 Å². The first-order chi connectivity index (χ1) is 10.8. The molecule has 1 aromatic heterocycles. The molecule has 0 radical (unpaired) electrons. The maximum Gasteiger partial charge on any atom is 0.250 e. The van der Waals surface area contributed by atoms with Gasteiger partial charge in [0.05, 0.1) is 5.52 Å².